The van der Waals surface area contributed by atoms with Gasteiger partial charge in [0.05, 0.1) is 4.92 Å². The molecule has 1 heterocycles. The number of nitro groups is 1. The van der Waals surface area contributed by atoms with E-state index in [-0.39, 0.29) is 10.8 Å². The Morgan fingerprint density at radius 1 is 1.28 bits per heavy atom. The standard InChI is InChI=1S/C11H17ClN4O2/c1-4-6-15(7-5-2)11-9(16(17)18)10(12)13-8(3)14-11/h4-7H2,1-3H3. The van der Waals surface area contributed by atoms with Crippen molar-refractivity contribution in [3.05, 3.63) is 21.1 Å². The van der Waals surface area contributed by atoms with E-state index in [2.05, 4.69) is 9.97 Å². The van der Waals surface area contributed by atoms with E-state index < -0.39 is 4.92 Å². The van der Waals surface area contributed by atoms with Crippen LogP contribution in [-0.2, 0) is 0 Å². The summed E-state index contributed by atoms with van der Waals surface area (Å²) in [5.41, 5.74) is -0.204. The summed E-state index contributed by atoms with van der Waals surface area (Å²) in [6.45, 7) is 7.13. The number of halogens is 1. The SMILES string of the molecule is CCCN(CCC)c1nc(C)nc(Cl)c1[N+](=O)[O-]. The minimum absolute atomic E-state index is 0.0975. The Bertz CT molecular complexity index is 433. The first-order valence-electron chi connectivity index (χ1n) is 5.94. The normalized spacial score (nSPS) is 10.4. The Morgan fingerprint density at radius 3 is 2.28 bits per heavy atom. The average molecular weight is 273 g/mol. The van der Waals surface area contributed by atoms with Crippen LogP contribution < -0.4 is 4.90 Å². The first-order chi connectivity index (χ1) is 8.51. The smallest absolute Gasteiger partial charge is 0.348 e. The molecule has 0 saturated carbocycles. The number of hydrogen-bond donors (Lipinski definition) is 0. The van der Waals surface area contributed by atoms with Gasteiger partial charge in [-0.05, 0) is 19.8 Å². The van der Waals surface area contributed by atoms with Crippen LogP contribution >= 0.6 is 11.6 Å². The average Bonchev–Trinajstić information content (AvgIpc) is 2.26. The molecule has 0 aliphatic carbocycles. The lowest BCUT2D eigenvalue weighted by atomic mass is 10.3. The highest BCUT2D eigenvalue weighted by Gasteiger charge is 2.26. The fraction of sp³-hybridized carbons (Fsp3) is 0.636. The van der Waals surface area contributed by atoms with Crippen molar-refractivity contribution in [1.29, 1.82) is 0 Å². The number of rotatable bonds is 6. The summed E-state index contributed by atoms with van der Waals surface area (Å²) in [4.78, 5) is 20.5. The quantitative estimate of drug-likeness (QED) is 0.452. The molecule has 0 spiro atoms. The lowest BCUT2D eigenvalue weighted by Gasteiger charge is -2.22. The lowest BCUT2D eigenvalue weighted by molar-refractivity contribution is -0.384. The molecule has 0 bridgehead atoms. The topological polar surface area (TPSA) is 72.2 Å². The number of aryl methyl sites for hydroxylation is 1. The van der Waals surface area contributed by atoms with Crippen molar-refractivity contribution >= 4 is 23.1 Å². The van der Waals surface area contributed by atoms with Gasteiger partial charge in [0, 0.05) is 13.1 Å². The van der Waals surface area contributed by atoms with E-state index >= 15 is 0 Å². The van der Waals surface area contributed by atoms with Crippen LogP contribution in [0.1, 0.15) is 32.5 Å². The van der Waals surface area contributed by atoms with E-state index in [1.807, 2.05) is 18.7 Å². The second-order valence-electron chi connectivity index (χ2n) is 3.98. The van der Waals surface area contributed by atoms with E-state index in [4.69, 9.17) is 11.6 Å². The van der Waals surface area contributed by atoms with Crippen molar-refractivity contribution in [2.24, 2.45) is 0 Å². The van der Waals surface area contributed by atoms with Gasteiger partial charge in [0.15, 0.2) is 0 Å². The minimum Gasteiger partial charge on any atom is -0.351 e. The molecule has 0 unspecified atom stereocenters. The minimum atomic E-state index is -0.518. The molecule has 0 amide bonds. The maximum absolute atomic E-state index is 11.1. The van der Waals surface area contributed by atoms with Gasteiger partial charge in [-0.3, -0.25) is 10.1 Å². The molecule has 0 aliphatic rings. The molecule has 18 heavy (non-hydrogen) atoms. The molecule has 1 rings (SSSR count). The van der Waals surface area contributed by atoms with Gasteiger partial charge < -0.3 is 4.90 Å². The van der Waals surface area contributed by atoms with Crippen molar-refractivity contribution < 1.29 is 4.92 Å². The third kappa shape index (κ3) is 3.29. The van der Waals surface area contributed by atoms with Crippen LogP contribution in [-0.4, -0.2) is 28.0 Å². The predicted octanol–water partition coefficient (Wildman–Crippen LogP) is 2.97. The Hall–Kier alpha value is -1.43. The molecule has 0 saturated heterocycles. The van der Waals surface area contributed by atoms with Crippen LogP contribution in [0.4, 0.5) is 11.5 Å². The monoisotopic (exact) mass is 272 g/mol. The first kappa shape index (κ1) is 14.6. The maximum Gasteiger partial charge on any atom is 0.348 e. The molecular weight excluding hydrogens is 256 g/mol. The van der Waals surface area contributed by atoms with E-state index in [0.717, 1.165) is 12.8 Å². The zero-order chi connectivity index (χ0) is 13.7. The van der Waals surface area contributed by atoms with E-state index in [1.165, 1.54) is 0 Å². The third-order valence-corrected chi connectivity index (χ3v) is 2.67. The number of aromatic nitrogens is 2. The molecule has 6 nitrogen and oxygen atoms in total. The summed E-state index contributed by atoms with van der Waals surface area (Å²) in [7, 11) is 0. The van der Waals surface area contributed by atoms with Crippen LogP contribution in [0.15, 0.2) is 0 Å². The van der Waals surface area contributed by atoms with Crippen LogP contribution in [0.2, 0.25) is 5.15 Å². The molecule has 0 radical (unpaired) electrons. The van der Waals surface area contributed by atoms with Gasteiger partial charge in [-0.1, -0.05) is 25.4 Å². The summed E-state index contributed by atoms with van der Waals surface area (Å²) >= 11 is 5.85. The van der Waals surface area contributed by atoms with Crippen molar-refractivity contribution in [3.63, 3.8) is 0 Å². The summed E-state index contributed by atoms with van der Waals surface area (Å²) in [6, 6.07) is 0. The van der Waals surface area contributed by atoms with Crippen molar-refractivity contribution in [3.8, 4) is 0 Å². The van der Waals surface area contributed by atoms with Gasteiger partial charge in [0.25, 0.3) is 0 Å². The maximum atomic E-state index is 11.1. The molecule has 0 N–H and O–H groups in total. The van der Waals surface area contributed by atoms with Gasteiger partial charge in [0.2, 0.25) is 11.0 Å². The highest BCUT2D eigenvalue weighted by Crippen LogP contribution is 2.32. The molecule has 0 fully saturated rings. The Kier molecular flexibility index (Phi) is 5.27. The number of anilines is 1. The Labute approximate surface area is 111 Å². The van der Waals surface area contributed by atoms with E-state index in [0.29, 0.717) is 24.7 Å². The zero-order valence-electron chi connectivity index (χ0n) is 10.8. The van der Waals surface area contributed by atoms with Crippen LogP contribution in [0.5, 0.6) is 0 Å². The lowest BCUT2D eigenvalue weighted by Crippen LogP contribution is -2.27. The Morgan fingerprint density at radius 2 is 1.83 bits per heavy atom. The highest BCUT2D eigenvalue weighted by atomic mass is 35.5. The van der Waals surface area contributed by atoms with E-state index in [1.54, 1.807) is 6.92 Å². The fourth-order valence-corrected chi connectivity index (χ4v) is 2.04. The molecule has 1 aromatic heterocycles. The first-order valence-corrected chi connectivity index (χ1v) is 6.32. The zero-order valence-corrected chi connectivity index (χ0v) is 11.6. The molecule has 100 valence electrons. The Balaban J connectivity index is 3.29. The predicted molar refractivity (Wildman–Crippen MR) is 71.2 cm³/mol. The summed E-state index contributed by atoms with van der Waals surface area (Å²) in [5, 5.41) is 11.0. The number of hydrogen-bond acceptors (Lipinski definition) is 5. The van der Waals surface area contributed by atoms with Crippen molar-refractivity contribution in [2.75, 3.05) is 18.0 Å². The number of nitrogens with zero attached hydrogens (tertiary/aromatic N) is 4. The van der Waals surface area contributed by atoms with Crippen LogP contribution in [0.3, 0.4) is 0 Å². The van der Waals surface area contributed by atoms with Gasteiger partial charge >= 0.3 is 5.69 Å². The molecule has 7 heteroatoms. The van der Waals surface area contributed by atoms with Crippen molar-refractivity contribution in [1.82, 2.24) is 9.97 Å². The fourth-order valence-electron chi connectivity index (χ4n) is 1.76. The van der Waals surface area contributed by atoms with Gasteiger partial charge in [-0.15, -0.1) is 0 Å². The highest BCUT2D eigenvalue weighted by molar-refractivity contribution is 6.31. The van der Waals surface area contributed by atoms with Gasteiger partial charge in [0.1, 0.15) is 5.82 Å². The largest absolute Gasteiger partial charge is 0.351 e. The van der Waals surface area contributed by atoms with E-state index in [9.17, 15) is 10.1 Å². The molecular formula is C11H17ClN4O2. The summed E-state index contributed by atoms with van der Waals surface area (Å²) in [5.74, 6) is 0.763. The second-order valence-corrected chi connectivity index (χ2v) is 4.34. The van der Waals surface area contributed by atoms with Gasteiger partial charge in [-0.2, -0.15) is 0 Å². The second kappa shape index (κ2) is 6.49. The summed E-state index contributed by atoms with van der Waals surface area (Å²) < 4.78 is 0. The van der Waals surface area contributed by atoms with Crippen LogP contribution in [0.25, 0.3) is 0 Å². The van der Waals surface area contributed by atoms with Crippen LogP contribution in [0, 0.1) is 17.0 Å². The molecule has 0 aromatic carbocycles. The summed E-state index contributed by atoms with van der Waals surface area (Å²) in [6.07, 6.45) is 1.77. The van der Waals surface area contributed by atoms with Crippen molar-refractivity contribution in [2.45, 2.75) is 33.6 Å². The molecule has 0 atom stereocenters. The molecule has 0 aliphatic heterocycles. The third-order valence-electron chi connectivity index (χ3n) is 2.40. The molecule has 1 aromatic rings. The van der Waals surface area contributed by atoms with Gasteiger partial charge in [-0.25, -0.2) is 9.97 Å².